The molecule has 1 fully saturated rings. The Bertz CT molecular complexity index is 600. The van der Waals surface area contributed by atoms with Crippen LogP contribution in [0.15, 0.2) is 12.1 Å². The van der Waals surface area contributed by atoms with Crippen LogP contribution in [0.1, 0.15) is 28.8 Å². The number of benzene rings is 1. The Morgan fingerprint density at radius 2 is 1.72 bits per heavy atom. The van der Waals surface area contributed by atoms with Crippen LogP contribution in [0.4, 0.5) is 0 Å². The molecule has 0 radical (unpaired) electrons. The Kier molecular flexibility index (Phi) is 6.64. The molecule has 0 atom stereocenters. The van der Waals surface area contributed by atoms with E-state index in [1.54, 1.807) is 33.4 Å². The number of methoxy groups -OCH3 is 2. The Morgan fingerprint density at radius 1 is 1.16 bits per heavy atom. The van der Waals surface area contributed by atoms with Gasteiger partial charge in [0.2, 0.25) is 5.91 Å². The minimum atomic E-state index is -0.138. The summed E-state index contributed by atoms with van der Waals surface area (Å²) in [5.41, 5.74) is 1.39. The molecule has 0 spiro atoms. The lowest BCUT2D eigenvalue weighted by Crippen LogP contribution is -2.47. The molecule has 1 saturated heterocycles. The van der Waals surface area contributed by atoms with Gasteiger partial charge in [-0.05, 0) is 31.9 Å². The molecule has 0 aliphatic carbocycles. The van der Waals surface area contributed by atoms with Gasteiger partial charge < -0.3 is 20.1 Å². The topological polar surface area (TPSA) is 79.9 Å². The maximum Gasteiger partial charge on any atom is 0.251 e. The molecule has 0 unspecified atom stereocenters. The average molecular weight is 349 g/mol. The molecule has 1 aliphatic rings. The summed E-state index contributed by atoms with van der Waals surface area (Å²) in [4.78, 5) is 26.1. The van der Waals surface area contributed by atoms with Gasteiger partial charge in [-0.1, -0.05) is 0 Å². The quantitative estimate of drug-likeness (QED) is 0.799. The van der Waals surface area contributed by atoms with E-state index in [4.69, 9.17) is 9.47 Å². The van der Waals surface area contributed by atoms with E-state index in [1.165, 1.54) is 0 Å². The molecule has 1 heterocycles. The van der Waals surface area contributed by atoms with Gasteiger partial charge >= 0.3 is 0 Å². The van der Waals surface area contributed by atoms with Gasteiger partial charge in [0, 0.05) is 37.3 Å². The molecule has 2 amide bonds. The first-order valence-corrected chi connectivity index (χ1v) is 8.45. The maximum absolute atomic E-state index is 12.6. The van der Waals surface area contributed by atoms with Crippen LogP contribution in [0.25, 0.3) is 0 Å². The van der Waals surface area contributed by atoms with Crippen LogP contribution in [0.2, 0.25) is 0 Å². The molecule has 0 aromatic heterocycles. The monoisotopic (exact) mass is 349 g/mol. The van der Waals surface area contributed by atoms with Gasteiger partial charge in [0.15, 0.2) is 0 Å². The summed E-state index contributed by atoms with van der Waals surface area (Å²) in [5, 5.41) is 5.70. The molecule has 1 aromatic carbocycles. The van der Waals surface area contributed by atoms with Gasteiger partial charge in [0.1, 0.15) is 11.5 Å². The molecule has 1 aliphatic heterocycles. The van der Waals surface area contributed by atoms with Crippen molar-refractivity contribution in [2.24, 2.45) is 0 Å². The van der Waals surface area contributed by atoms with Crippen molar-refractivity contribution in [3.63, 3.8) is 0 Å². The fraction of sp³-hybridized carbons (Fsp3) is 0.556. The largest absolute Gasteiger partial charge is 0.496 e. The molecule has 1 aromatic rings. The highest BCUT2D eigenvalue weighted by atomic mass is 16.5. The third-order valence-corrected chi connectivity index (χ3v) is 4.58. The van der Waals surface area contributed by atoms with Crippen molar-refractivity contribution in [3.05, 3.63) is 23.3 Å². The van der Waals surface area contributed by atoms with Crippen molar-refractivity contribution >= 4 is 11.8 Å². The number of likely N-dealkylation sites (tertiary alicyclic amines) is 1. The first-order valence-electron chi connectivity index (χ1n) is 8.45. The van der Waals surface area contributed by atoms with Gasteiger partial charge in [-0.25, -0.2) is 0 Å². The van der Waals surface area contributed by atoms with Gasteiger partial charge in [0.25, 0.3) is 5.91 Å². The zero-order chi connectivity index (χ0) is 18.4. The number of hydrogen-bond acceptors (Lipinski definition) is 5. The predicted molar refractivity (Wildman–Crippen MR) is 95.3 cm³/mol. The summed E-state index contributed by atoms with van der Waals surface area (Å²) in [6.07, 6.45) is 1.64. The molecule has 25 heavy (non-hydrogen) atoms. The van der Waals surface area contributed by atoms with E-state index >= 15 is 0 Å². The van der Waals surface area contributed by atoms with E-state index in [0.717, 1.165) is 31.5 Å². The maximum atomic E-state index is 12.6. The molecular weight excluding hydrogens is 322 g/mol. The predicted octanol–water partition coefficient (Wildman–Crippen LogP) is 0.952. The minimum Gasteiger partial charge on any atom is -0.496 e. The van der Waals surface area contributed by atoms with Crippen LogP contribution in [0.5, 0.6) is 11.5 Å². The molecule has 138 valence electrons. The van der Waals surface area contributed by atoms with Crippen LogP contribution in [0.3, 0.4) is 0 Å². The Labute approximate surface area is 148 Å². The minimum absolute atomic E-state index is 0.0151. The molecule has 2 N–H and O–H groups in total. The lowest BCUT2D eigenvalue weighted by Gasteiger charge is -2.31. The normalized spacial score (nSPS) is 15.5. The van der Waals surface area contributed by atoms with Gasteiger partial charge in [-0.2, -0.15) is 0 Å². The number of carbonyl (C=O) groups excluding carboxylic acids is 2. The molecule has 2 rings (SSSR count). The second-order valence-corrected chi connectivity index (χ2v) is 6.20. The molecule has 0 saturated carbocycles. The highest BCUT2D eigenvalue weighted by molar-refractivity contribution is 5.95. The first-order chi connectivity index (χ1) is 12.0. The summed E-state index contributed by atoms with van der Waals surface area (Å²) < 4.78 is 10.7. The highest BCUT2D eigenvalue weighted by Crippen LogP contribution is 2.29. The van der Waals surface area contributed by atoms with Crippen molar-refractivity contribution in [2.45, 2.75) is 25.8 Å². The van der Waals surface area contributed by atoms with Crippen LogP contribution >= 0.6 is 0 Å². The number of hydrogen-bond donors (Lipinski definition) is 2. The van der Waals surface area contributed by atoms with Crippen molar-refractivity contribution < 1.29 is 19.1 Å². The van der Waals surface area contributed by atoms with Crippen LogP contribution in [-0.4, -0.2) is 63.7 Å². The van der Waals surface area contributed by atoms with E-state index in [0.29, 0.717) is 23.6 Å². The van der Waals surface area contributed by atoms with Crippen LogP contribution in [0, 0.1) is 6.92 Å². The second-order valence-electron chi connectivity index (χ2n) is 6.20. The molecular formula is C18H27N3O4. The average Bonchev–Trinajstić information content (AvgIpc) is 2.63. The zero-order valence-corrected chi connectivity index (χ0v) is 15.3. The number of nitrogens with zero attached hydrogens (tertiary/aromatic N) is 1. The number of likely N-dealkylation sites (N-methyl/N-ethyl adjacent to an activating group) is 1. The SMILES string of the molecule is CNC(=O)CN1CCC(NC(=O)c2cc(OC)c(C)c(OC)c2)CC1. The Balaban J connectivity index is 1.96. The molecule has 0 bridgehead atoms. The summed E-state index contributed by atoms with van der Waals surface area (Å²) >= 11 is 0. The van der Waals surface area contributed by atoms with Crippen molar-refractivity contribution in [3.8, 4) is 11.5 Å². The summed E-state index contributed by atoms with van der Waals surface area (Å²) in [6.45, 7) is 3.88. The Morgan fingerprint density at radius 3 is 2.20 bits per heavy atom. The van der Waals surface area contributed by atoms with Crippen molar-refractivity contribution in [1.29, 1.82) is 0 Å². The van der Waals surface area contributed by atoms with E-state index in [1.807, 2.05) is 6.92 Å². The summed E-state index contributed by atoms with van der Waals surface area (Å²) in [6, 6.07) is 3.56. The number of nitrogens with one attached hydrogen (secondary N) is 2. The number of piperidine rings is 1. The van der Waals surface area contributed by atoms with E-state index in [-0.39, 0.29) is 17.9 Å². The van der Waals surface area contributed by atoms with Crippen molar-refractivity contribution in [2.75, 3.05) is 40.9 Å². The van der Waals surface area contributed by atoms with E-state index < -0.39 is 0 Å². The van der Waals surface area contributed by atoms with Crippen LogP contribution in [-0.2, 0) is 4.79 Å². The third kappa shape index (κ3) is 4.85. The van der Waals surface area contributed by atoms with E-state index in [9.17, 15) is 9.59 Å². The summed E-state index contributed by atoms with van der Waals surface area (Å²) in [7, 11) is 4.79. The van der Waals surface area contributed by atoms with Crippen LogP contribution < -0.4 is 20.1 Å². The van der Waals surface area contributed by atoms with Crippen molar-refractivity contribution in [1.82, 2.24) is 15.5 Å². The standard InChI is InChI=1S/C18H27N3O4/c1-12-15(24-3)9-13(10-16(12)25-4)18(23)20-14-5-7-21(8-6-14)11-17(22)19-2/h9-10,14H,5-8,11H2,1-4H3,(H,19,22)(H,20,23). The first kappa shape index (κ1) is 19.1. The third-order valence-electron chi connectivity index (χ3n) is 4.58. The summed E-state index contributed by atoms with van der Waals surface area (Å²) in [5.74, 6) is 1.14. The lowest BCUT2D eigenvalue weighted by atomic mass is 10.0. The van der Waals surface area contributed by atoms with Gasteiger partial charge in [0.05, 0.1) is 20.8 Å². The highest BCUT2D eigenvalue weighted by Gasteiger charge is 2.23. The molecule has 7 nitrogen and oxygen atoms in total. The fourth-order valence-electron chi connectivity index (χ4n) is 3.00. The number of amides is 2. The van der Waals surface area contributed by atoms with E-state index in [2.05, 4.69) is 15.5 Å². The smallest absolute Gasteiger partial charge is 0.251 e. The van der Waals surface area contributed by atoms with Gasteiger partial charge in [-0.15, -0.1) is 0 Å². The van der Waals surface area contributed by atoms with Gasteiger partial charge in [-0.3, -0.25) is 14.5 Å². The Hall–Kier alpha value is -2.28. The lowest BCUT2D eigenvalue weighted by molar-refractivity contribution is -0.122. The number of carbonyl (C=O) groups is 2. The molecule has 7 heteroatoms. The zero-order valence-electron chi connectivity index (χ0n) is 15.3. The second kappa shape index (κ2) is 8.71. The number of ether oxygens (including phenoxy) is 2. The fourth-order valence-corrected chi connectivity index (χ4v) is 3.00. The number of rotatable bonds is 6.